The molecule has 1 heteroatoms. The number of hydrogen-bond donors (Lipinski definition) is 0. The van der Waals surface area contributed by atoms with Crippen molar-refractivity contribution in [2.24, 2.45) is 0 Å². The molecule has 0 aliphatic heterocycles. The lowest BCUT2D eigenvalue weighted by atomic mass is 9.62. The third-order valence-corrected chi connectivity index (χ3v) is 11.6. The summed E-state index contributed by atoms with van der Waals surface area (Å²) in [4.78, 5) is 0. The summed E-state index contributed by atoms with van der Waals surface area (Å²) in [5.41, 5.74) is 8.91. The van der Waals surface area contributed by atoms with Crippen LogP contribution in [0.15, 0.2) is 162 Å². The number of rotatable bonds is 4. The van der Waals surface area contributed by atoms with Crippen LogP contribution in [0.2, 0.25) is 0 Å². The van der Waals surface area contributed by atoms with Crippen molar-refractivity contribution in [3.8, 4) is 44.5 Å². The van der Waals surface area contributed by atoms with Gasteiger partial charge in [-0.05, 0) is 125 Å². The van der Waals surface area contributed by atoms with Gasteiger partial charge in [0.05, 0.1) is 11.0 Å². The van der Waals surface area contributed by atoms with E-state index >= 15 is 0 Å². The highest BCUT2D eigenvalue weighted by molar-refractivity contribution is 6.22. The Morgan fingerprint density at radius 2 is 0.962 bits per heavy atom. The molecule has 0 fully saturated rings. The average molecular weight is 691 g/mol. The first-order valence-electron chi connectivity index (χ1n) is 22.3. The molecule has 0 N–H and O–H groups in total. The molecule has 1 nitrogen and oxygen atoms in total. The highest BCUT2D eigenvalue weighted by Crippen LogP contribution is 2.52. The van der Waals surface area contributed by atoms with Crippen molar-refractivity contribution in [2.75, 3.05) is 0 Å². The van der Waals surface area contributed by atoms with Gasteiger partial charge in [0.25, 0.3) is 0 Å². The van der Waals surface area contributed by atoms with Crippen LogP contribution in [0.3, 0.4) is 0 Å². The van der Waals surface area contributed by atoms with Crippen LogP contribution in [0.1, 0.15) is 62.6 Å². The van der Waals surface area contributed by atoms with Crippen LogP contribution < -0.4 is 0 Å². The molecule has 0 atom stereocenters. The maximum Gasteiger partial charge on any atom is 0.136 e. The zero-order valence-electron chi connectivity index (χ0n) is 38.2. The minimum atomic E-state index is -0.420. The molecule has 10 rings (SSSR count). The molecule has 0 radical (unpaired) electrons. The third-order valence-electron chi connectivity index (χ3n) is 11.6. The normalized spacial score (nSPS) is 17.1. The molecule has 0 amide bonds. The lowest BCUT2D eigenvalue weighted by Crippen LogP contribution is -2.34. The average Bonchev–Trinajstić information content (AvgIpc) is 3.66. The molecule has 0 saturated heterocycles. The van der Waals surface area contributed by atoms with Crippen molar-refractivity contribution in [1.29, 1.82) is 0 Å². The van der Waals surface area contributed by atoms with Gasteiger partial charge in [-0.15, -0.1) is 0 Å². The number of furan rings is 1. The molecule has 53 heavy (non-hydrogen) atoms. The van der Waals surface area contributed by atoms with E-state index in [1.807, 2.05) is 97.1 Å². The van der Waals surface area contributed by atoms with E-state index in [-0.39, 0.29) is 56.5 Å². The first-order chi connectivity index (χ1) is 29.1. The predicted octanol–water partition coefficient (Wildman–Crippen LogP) is 14.9. The number of fused-ring (bicyclic) bond motifs is 6. The van der Waals surface area contributed by atoms with Crippen molar-refractivity contribution >= 4 is 43.5 Å². The number of benzene rings is 8. The van der Waals surface area contributed by atoms with E-state index in [2.05, 4.69) is 39.8 Å². The van der Waals surface area contributed by atoms with Crippen molar-refractivity contribution in [1.82, 2.24) is 0 Å². The fourth-order valence-corrected chi connectivity index (χ4v) is 8.69. The van der Waals surface area contributed by atoms with Gasteiger partial charge in [0.15, 0.2) is 0 Å². The van der Waals surface area contributed by atoms with Crippen LogP contribution in [0.5, 0.6) is 0 Å². The van der Waals surface area contributed by atoms with Gasteiger partial charge in [-0.1, -0.05) is 161 Å². The fraction of sp³-hybridized carbons (Fsp3) is 0.154. The van der Waals surface area contributed by atoms with Crippen LogP contribution in [0.4, 0.5) is 0 Å². The largest absolute Gasteiger partial charge is 0.456 e. The maximum atomic E-state index is 9.66. The molecule has 1 aromatic heterocycles. The first kappa shape index (κ1) is 24.3. The van der Waals surface area contributed by atoms with Gasteiger partial charge < -0.3 is 4.42 Å². The summed E-state index contributed by atoms with van der Waals surface area (Å²) in [6.45, 7) is 8.96. The minimum absolute atomic E-state index is 0.157. The second-order valence-electron chi connectivity index (χ2n) is 15.7. The molecule has 1 aliphatic carbocycles. The standard InChI is InChI=1S/C52H42O/c1-51(2)29-30-52(3,4)45-32-43(42(31-44(45)51)33-15-6-5-7-16-33)49-39-19-10-8-17-37(39)48(38-18-9-11-20-40(38)49)35-27-25-34(26-28-35)36-22-14-24-47-50(36)41-21-12-13-23-46(41)53-47/h5-28,31-32H,29-30H2,1-4H3/i8D,9D,10D,11D,17D,18D,19D,20D. The Morgan fingerprint density at radius 1 is 0.453 bits per heavy atom. The van der Waals surface area contributed by atoms with Crippen molar-refractivity contribution < 1.29 is 15.4 Å². The Labute approximate surface area is 322 Å². The van der Waals surface area contributed by atoms with E-state index in [0.29, 0.717) is 22.3 Å². The molecule has 1 aliphatic rings. The van der Waals surface area contributed by atoms with Crippen LogP contribution >= 0.6 is 0 Å². The van der Waals surface area contributed by atoms with E-state index in [4.69, 9.17) is 9.90 Å². The summed E-state index contributed by atoms with van der Waals surface area (Å²) in [5.74, 6) is 0. The summed E-state index contributed by atoms with van der Waals surface area (Å²) in [5, 5.41) is 2.78. The third kappa shape index (κ3) is 4.98. The minimum Gasteiger partial charge on any atom is -0.456 e. The van der Waals surface area contributed by atoms with Crippen LogP contribution in [0.25, 0.3) is 88.0 Å². The van der Waals surface area contributed by atoms with Gasteiger partial charge in [0.1, 0.15) is 11.2 Å². The van der Waals surface area contributed by atoms with Crippen molar-refractivity contribution in [3.63, 3.8) is 0 Å². The second-order valence-corrected chi connectivity index (χ2v) is 15.7. The van der Waals surface area contributed by atoms with Gasteiger partial charge in [-0.25, -0.2) is 0 Å². The van der Waals surface area contributed by atoms with E-state index in [0.717, 1.165) is 62.6 Å². The van der Waals surface area contributed by atoms with Gasteiger partial charge >= 0.3 is 0 Å². The zero-order valence-corrected chi connectivity index (χ0v) is 30.2. The van der Waals surface area contributed by atoms with Gasteiger partial charge in [0.2, 0.25) is 0 Å². The predicted molar refractivity (Wildman–Crippen MR) is 226 cm³/mol. The first-order valence-corrected chi connectivity index (χ1v) is 18.3. The summed E-state index contributed by atoms with van der Waals surface area (Å²) in [6, 6.07) is 33.0. The summed E-state index contributed by atoms with van der Waals surface area (Å²) >= 11 is 0. The van der Waals surface area contributed by atoms with Crippen LogP contribution in [-0.2, 0) is 10.8 Å². The maximum absolute atomic E-state index is 9.66. The summed E-state index contributed by atoms with van der Waals surface area (Å²) in [6.07, 6.45) is 1.91. The molecular weight excluding hydrogens is 641 g/mol. The summed E-state index contributed by atoms with van der Waals surface area (Å²) < 4.78 is 80.8. The fourth-order valence-electron chi connectivity index (χ4n) is 8.69. The lowest BCUT2D eigenvalue weighted by Gasteiger charge is -2.42. The van der Waals surface area contributed by atoms with E-state index in [1.165, 1.54) is 5.56 Å². The second kappa shape index (κ2) is 11.8. The highest BCUT2D eigenvalue weighted by Gasteiger charge is 2.38. The number of para-hydroxylation sites is 1. The van der Waals surface area contributed by atoms with Crippen LogP contribution in [-0.4, -0.2) is 0 Å². The molecule has 0 spiro atoms. The quantitative estimate of drug-likeness (QED) is 0.168. The monoisotopic (exact) mass is 690 g/mol. The Hall–Kier alpha value is -5.92. The Balaban J connectivity index is 1.36. The Kier molecular flexibility index (Phi) is 5.42. The van der Waals surface area contributed by atoms with Gasteiger partial charge in [-0.2, -0.15) is 0 Å². The molecule has 0 saturated carbocycles. The molecule has 1 heterocycles. The zero-order chi connectivity index (χ0) is 42.9. The van der Waals surface area contributed by atoms with Crippen LogP contribution in [0, 0.1) is 0 Å². The Morgan fingerprint density at radius 3 is 1.60 bits per heavy atom. The molecular formula is C52H42O. The van der Waals surface area contributed by atoms with Crippen molar-refractivity contribution in [2.45, 2.75) is 51.4 Å². The topological polar surface area (TPSA) is 13.1 Å². The van der Waals surface area contributed by atoms with E-state index < -0.39 is 24.2 Å². The molecule has 9 aromatic rings. The van der Waals surface area contributed by atoms with Gasteiger partial charge in [-0.3, -0.25) is 0 Å². The van der Waals surface area contributed by atoms with E-state index in [1.54, 1.807) is 0 Å². The smallest absolute Gasteiger partial charge is 0.136 e. The molecule has 256 valence electrons. The van der Waals surface area contributed by atoms with Gasteiger partial charge in [0, 0.05) is 10.8 Å². The highest BCUT2D eigenvalue weighted by atomic mass is 16.3. The molecule has 0 bridgehead atoms. The van der Waals surface area contributed by atoms with E-state index in [9.17, 15) is 5.48 Å². The summed E-state index contributed by atoms with van der Waals surface area (Å²) in [7, 11) is 0. The molecule has 8 aromatic carbocycles. The molecule has 0 unspecified atom stereocenters. The number of hydrogen-bond acceptors (Lipinski definition) is 1. The lowest BCUT2D eigenvalue weighted by molar-refractivity contribution is 0.332. The SMILES string of the molecule is [2H]c1c([2H])c([2H])c2c(-c3cc4c(cc3-c3ccccc3)C(C)(C)CCC4(C)C)c3c([2H])c([2H])c([2H])c([2H])c3c(-c3ccc(-c4cccc5oc6ccccc6c45)cc3)c2c1[2H]. The Bertz CT molecular complexity index is 3250. The van der Waals surface area contributed by atoms with Crippen molar-refractivity contribution in [3.05, 3.63) is 169 Å².